The van der Waals surface area contributed by atoms with Crippen LogP contribution in [0.2, 0.25) is 0 Å². The molecule has 1 rings (SSSR count). The Morgan fingerprint density at radius 1 is 1.27 bits per heavy atom. The highest BCUT2D eigenvalue weighted by Crippen LogP contribution is 2.09. The van der Waals surface area contributed by atoms with E-state index in [-0.39, 0.29) is 0 Å². The third-order valence-corrected chi connectivity index (χ3v) is 3.00. The molecule has 1 N–H and O–H groups in total. The predicted octanol–water partition coefficient (Wildman–Crippen LogP) is 1.34. The topological polar surface area (TPSA) is 24.5 Å². The maximum atomic E-state index is 5.10. The molecule has 0 spiro atoms. The molecule has 0 aliphatic carbocycles. The summed E-state index contributed by atoms with van der Waals surface area (Å²) in [6, 6.07) is 0.469. The van der Waals surface area contributed by atoms with Gasteiger partial charge < -0.3 is 15.0 Å². The molecule has 3 nitrogen and oxygen atoms in total. The van der Waals surface area contributed by atoms with Crippen molar-refractivity contribution < 1.29 is 4.74 Å². The Bertz CT molecular complexity index is 158. The van der Waals surface area contributed by atoms with Gasteiger partial charge in [0.1, 0.15) is 0 Å². The second kappa shape index (κ2) is 7.20. The molecular formula is C12H26N2O. The molecule has 2 unspecified atom stereocenters. The van der Waals surface area contributed by atoms with Gasteiger partial charge in [-0.05, 0) is 45.3 Å². The van der Waals surface area contributed by atoms with E-state index in [9.17, 15) is 0 Å². The number of nitrogens with one attached hydrogen (secondary N) is 1. The van der Waals surface area contributed by atoms with Gasteiger partial charge in [0.05, 0.1) is 6.61 Å². The lowest BCUT2D eigenvalue weighted by Gasteiger charge is -2.22. The smallest absolute Gasteiger partial charge is 0.0613 e. The average molecular weight is 214 g/mol. The molecule has 0 bridgehead atoms. The molecule has 0 aromatic carbocycles. The molecule has 0 aromatic heterocycles. The summed E-state index contributed by atoms with van der Waals surface area (Å²) in [5.41, 5.74) is 0. The van der Waals surface area contributed by atoms with Crippen LogP contribution in [0.1, 0.15) is 26.7 Å². The van der Waals surface area contributed by atoms with Crippen LogP contribution in [0.25, 0.3) is 0 Å². The summed E-state index contributed by atoms with van der Waals surface area (Å²) in [5, 5.41) is 3.51. The Kier molecular flexibility index (Phi) is 6.22. The number of nitrogens with zero attached hydrogens (tertiary/aromatic N) is 1. The Balaban J connectivity index is 2.04. The van der Waals surface area contributed by atoms with Crippen molar-refractivity contribution in [1.29, 1.82) is 0 Å². The van der Waals surface area contributed by atoms with Gasteiger partial charge in [0, 0.05) is 19.7 Å². The molecule has 15 heavy (non-hydrogen) atoms. The Morgan fingerprint density at radius 2 is 1.93 bits per heavy atom. The molecule has 0 aromatic rings. The van der Waals surface area contributed by atoms with Crippen LogP contribution >= 0.6 is 0 Å². The Labute approximate surface area is 94.2 Å². The zero-order chi connectivity index (χ0) is 11.1. The lowest BCUT2D eigenvalue weighted by molar-refractivity contribution is 0.168. The van der Waals surface area contributed by atoms with Gasteiger partial charge in [-0.25, -0.2) is 0 Å². The highest BCUT2D eigenvalue weighted by Gasteiger charge is 2.14. The zero-order valence-electron chi connectivity index (χ0n) is 10.5. The van der Waals surface area contributed by atoms with E-state index >= 15 is 0 Å². The fraction of sp³-hybridized carbons (Fsp3) is 1.00. The summed E-state index contributed by atoms with van der Waals surface area (Å²) in [4.78, 5) is 2.58. The molecule has 1 fully saturated rings. The van der Waals surface area contributed by atoms with Gasteiger partial charge in [0.15, 0.2) is 0 Å². The Hall–Kier alpha value is -0.120. The average Bonchev–Trinajstić information content (AvgIpc) is 2.68. The highest BCUT2D eigenvalue weighted by atomic mass is 16.5. The Morgan fingerprint density at radius 3 is 2.53 bits per heavy atom. The second-order valence-corrected chi connectivity index (χ2v) is 4.88. The van der Waals surface area contributed by atoms with E-state index in [1.165, 1.54) is 32.5 Å². The first-order chi connectivity index (χ1) is 7.22. The molecule has 0 radical (unpaired) electrons. The van der Waals surface area contributed by atoms with Crippen LogP contribution in [0.4, 0.5) is 0 Å². The van der Waals surface area contributed by atoms with Crippen LogP contribution < -0.4 is 5.32 Å². The summed E-state index contributed by atoms with van der Waals surface area (Å²) in [6.45, 7) is 10.2. The summed E-state index contributed by atoms with van der Waals surface area (Å²) in [5.74, 6) is 0.738. The fourth-order valence-corrected chi connectivity index (χ4v) is 2.18. The van der Waals surface area contributed by atoms with Gasteiger partial charge in [0.2, 0.25) is 0 Å². The first-order valence-electron chi connectivity index (χ1n) is 6.17. The highest BCUT2D eigenvalue weighted by molar-refractivity contribution is 4.71. The van der Waals surface area contributed by atoms with Crippen molar-refractivity contribution in [2.45, 2.75) is 32.7 Å². The molecule has 1 saturated heterocycles. The van der Waals surface area contributed by atoms with Gasteiger partial charge in [-0.1, -0.05) is 6.92 Å². The monoisotopic (exact) mass is 214 g/mol. The number of likely N-dealkylation sites (tertiary alicyclic amines) is 1. The molecule has 1 aliphatic rings. The lowest BCUT2D eigenvalue weighted by atomic mass is 10.1. The number of rotatable bonds is 7. The number of ether oxygens (including phenoxy) is 1. The molecular weight excluding hydrogens is 188 g/mol. The normalized spacial score (nSPS) is 21.8. The van der Waals surface area contributed by atoms with Gasteiger partial charge >= 0.3 is 0 Å². The largest absolute Gasteiger partial charge is 0.383 e. The summed E-state index contributed by atoms with van der Waals surface area (Å²) >= 11 is 0. The van der Waals surface area contributed by atoms with Crippen molar-refractivity contribution in [2.75, 3.05) is 39.9 Å². The molecule has 90 valence electrons. The van der Waals surface area contributed by atoms with E-state index < -0.39 is 0 Å². The third-order valence-electron chi connectivity index (χ3n) is 3.00. The summed E-state index contributed by atoms with van der Waals surface area (Å²) in [7, 11) is 1.76. The molecule has 3 heteroatoms. The van der Waals surface area contributed by atoms with E-state index in [1.54, 1.807) is 7.11 Å². The zero-order valence-corrected chi connectivity index (χ0v) is 10.5. The third kappa shape index (κ3) is 5.50. The molecule has 0 saturated carbocycles. The minimum absolute atomic E-state index is 0.469. The lowest BCUT2D eigenvalue weighted by Crippen LogP contribution is -2.37. The van der Waals surface area contributed by atoms with Crippen molar-refractivity contribution in [1.82, 2.24) is 10.2 Å². The summed E-state index contributed by atoms with van der Waals surface area (Å²) < 4.78 is 5.10. The standard InChI is InChI=1S/C12H26N2O/c1-11(8-13-12(2)10-15-3)9-14-6-4-5-7-14/h11-13H,4-10H2,1-3H3. The van der Waals surface area contributed by atoms with E-state index in [0.29, 0.717) is 6.04 Å². The van der Waals surface area contributed by atoms with E-state index in [4.69, 9.17) is 4.74 Å². The van der Waals surface area contributed by atoms with Gasteiger partial charge in [-0.15, -0.1) is 0 Å². The maximum Gasteiger partial charge on any atom is 0.0613 e. The van der Waals surface area contributed by atoms with Crippen molar-refractivity contribution >= 4 is 0 Å². The van der Waals surface area contributed by atoms with Crippen molar-refractivity contribution in [3.05, 3.63) is 0 Å². The fourth-order valence-electron chi connectivity index (χ4n) is 2.18. The van der Waals surface area contributed by atoms with Crippen molar-refractivity contribution in [3.8, 4) is 0 Å². The van der Waals surface area contributed by atoms with Crippen LogP contribution in [-0.4, -0.2) is 50.8 Å². The number of methoxy groups -OCH3 is 1. The van der Waals surface area contributed by atoms with Gasteiger partial charge in [-0.3, -0.25) is 0 Å². The SMILES string of the molecule is COCC(C)NCC(C)CN1CCCC1. The quantitative estimate of drug-likeness (QED) is 0.692. The second-order valence-electron chi connectivity index (χ2n) is 4.88. The van der Waals surface area contributed by atoms with Crippen LogP contribution in [0.15, 0.2) is 0 Å². The molecule has 1 aliphatic heterocycles. The number of hydrogen-bond acceptors (Lipinski definition) is 3. The minimum atomic E-state index is 0.469. The maximum absolute atomic E-state index is 5.10. The van der Waals surface area contributed by atoms with Crippen molar-refractivity contribution in [2.24, 2.45) is 5.92 Å². The van der Waals surface area contributed by atoms with Crippen LogP contribution in [-0.2, 0) is 4.74 Å². The van der Waals surface area contributed by atoms with Crippen LogP contribution in [0, 0.1) is 5.92 Å². The first-order valence-corrected chi connectivity index (χ1v) is 6.17. The predicted molar refractivity (Wildman–Crippen MR) is 64.2 cm³/mol. The molecule has 1 heterocycles. The van der Waals surface area contributed by atoms with Crippen LogP contribution in [0.3, 0.4) is 0 Å². The van der Waals surface area contributed by atoms with Gasteiger partial charge in [-0.2, -0.15) is 0 Å². The number of hydrogen-bond donors (Lipinski definition) is 1. The van der Waals surface area contributed by atoms with Crippen molar-refractivity contribution in [3.63, 3.8) is 0 Å². The van der Waals surface area contributed by atoms with E-state index in [0.717, 1.165) is 19.1 Å². The molecule has 0 amide bonds. The van der Waals surface area contributed by atoms with E-state index in [2.05, 4.69) is 24.1 Å². The van der Waals surface area contributed by atoms with Gasteiger partial charge in [0.25, 0.3) is 0 Å². The van der Waals surface area contributed by atoms with Crippen LogP contribution in [0.5, 0.6) is 0 Å². The summed E-state index contributed by atoms with van der Waals surface area (Å²) in [6.07, 6.45) is 2.78. The van der Waals surface area contributed by atoms with E-state index in [1.807, 2.05) is 0 Å². The first kappa shape index (κ1) is 12.9. The molecule has 2 atom stereocenters. The minimum Gasteiger partial charge on any atom is -0.383 e.